The molecule has 1 heterocycles. The highest BCUT2D eigenvalue weighted by molar-refractivity contribution is 5.85. The zero-order valence-electron chi connectivity index (χ0n) is 13.2. The van der Waals surface area contributed by atoms with Gasteiger partial charge in [-0.1, -0.05) is 6.07 Å². The first kappa shape index (κ1) is 21.9. The molecule has 2 rings (SSSR count). The molecule has 1 aromatic rings. The molecule has 0 aliphatic carbocycles. The highest BCUT2D eigenvalue weighted by Crippen LogP contribution is 2.32. The number of hydrogen-bond donors (Lipinski definition) is 1. The minimum absolute atomic E-state index is 0. The SMILES string of the molecule is COc1cc([C@H](CF)N2CCNCC2)ccc1OC(C)=O.Cl.Cl. The summed E-state index contributed by atoms with van der Waals surface area (Å²) in [6, 6.07) is 4.88. The van der Waals surface area contributed by atoms with E-state index in [2.05, 4.69) is 10.2 Å². The second-order valence-electron chi connectivity index (χ2n) is 4.96. The van der Waals surface area contributed by atoms with Crippen molar-refractivity contribution < 1.29 is 18.7 Å². The van der Waals surface area contributed by atoms with Crippen molar-refractivity contribution >= 4 is 30.8 Å². The van der Waals surface area contributed by atoms with Crippen LogP contribution in [0.25, 0.3) is 0 Å². The second kappa shape index (κ2) is 10.6. The fourth-order valence-corrected chi connectivity index (χ4v) is 2.52. The number of alkyl halides is 1. The highest BCUT2D eigenvalue weighted by atomic mass is 35.5. The summed E-state index contributed by atoms with van der Waals surface area (Å²) >= 11 is 0. The number of nitrogens with zero attached hydrogens (tertiary/aromatic N) is 1. The lowest BCUT2D eigenvalue weighted by molar-refractivity contribution is -0.132. The number of methoxy groups -OCH3 is 1. The molecule has 1 saturated heterocycles. The third-order valence-electron chi connectivity index (χ3n) is 3.56. The van der Waals surface area contributed by atoms with Gasteiger partial charge in [0.15, 0.2) is 11.5 Å². The minimum Gasteiger partial charge on any atom is -0.493 e. The van der Waals surface area contributed by atoms with Gasteiger partial charge in [-0.2, -0.15) is 0 Å². The van der Waals surface area contributed by atoms with Crippen molar-refractivity contribution in [2.75, 3.05) is 40.0 Å². The van der Waals surface area contributed by atoms with Crippen LogP contribution in [0.4, 0.5) is 4.39 Å². The van der Waals surface area contributed by atoms with Crippen LogP contribution in [0.5, 0.6) is 11.5 Å². The maximum Gasteiger partial charge on any atom is 0.308 e. The van der Waals surface area contributed by atoms with Crippen LogP contribution in [0.15, 0.2) is 18.2 Å². The lowest BCUT2D eigenvalue weighted by Gasteiger charge is -2.33. The Bertz CT molecular complexity index is 500. The third kappa shape index (κ3) is 5.80. The van der Waals surface area contributed by atoms with Crippen molar-refractivity contribution in [1.29, 1.82) is 0 Å². The van der Waals surface area contributed by atoms with Crippen LogP contribution >= 0.6 is 24.8 Å². The maximum absolute atomic E-state index is 13.5. The van der Waals surface area contributed by atoms with Crippen molar-refractivity contribution in [1.82, 2.24) is 10.2 Å². The fourth-order valence-electron chi connectivity index (χ4n) is 2.52. The van der Waals surface area contributed by atoms with E-state index >= 15 is 0 Å². The topological polar surface area (TPSA) is 50.8 Å². The van der Waals surface area contributed by atoms with Crippen LogP contribution in [0.1, 0.15) is 18.5 Å². The monoisotopic (exact) mass is 368 g/mol. The summed E-state index contributed by atoms with van der Waals surface area (Å²) in [4.78, 5) is 13.2. The summed E-state index contributed by atoms with van der Waals surface area (Å²) < 4.78 is 23.8. The molecule has 0 amide bonds. The molecule has 1 aromatic carbocycles. The number of nitrogens with one attached hydrogen (secondary N) is 1. The standard InChI is InChI=1S/C15H21FN2O3.2ClH/c1-11(19)21-14-4-3-12(9-15(14)20-2)13(10-16)18-7-5-17-6-8-18;;/h3-4,9,13,17H,5-8,10H2,1-2H3;2*1H/t13-;;/m0../s1. The van der Waals surface area contributed by atoms with E-state index in [0.717, 1.165) is 31.7 Å². The Morgan fingerprint density at radius 1 is 1.30 bits per heavy atom. The van der Waals surface area contributed by atoms with Gasteiger partial charge in [-0.3, -0.25) is 9.69 Å². The molecule has 1 aliphatic rings. The number of rotatable bonds is 5. The first-order chi connectivity index (χ1) is 10.2. The van der Waals surface area contributed by atoms with Crippen LogP contribution in [-0.2, 0) is 4.79 Å². The Morgan fingerprint density at radius 2 is 1.96 bits per heavy atom. The van der Waals surface area contributed by atoms with Gasteiger partial charge in [-0.05, 0) is 17.7 Å². The van der Waals surface area contributed by atoms with E-state index in [4.69, 9.17) is 9.47 Å². The van der Waals surface area contributed by atoms with E-state index in [1.54, 1.807) is 18.2 Å². The molecule has 1 N–H and O–H groups in total. The van der Waals surface area contributed by atoms with Crippen molar-refractivity contribution in [2.45, 2.75) is 13.0 Å². The van der Waals surface area contributed by atoms with Crippen molar-refractivity contribution in [3.63, 3.8) is 0 Å². The molecule has 0 spiro atoms. The van der Waals surface area contributed by atoms with Gasteiger partial charge in [0.25, 0.3) is 0 Å². The summed E-state index contributed by atoms with van der Waals surface area (Å²) in [6.07, 6.45) is 0. The van der Waals surface area contributed by atoms with Gasteiger partial charge in [-0.15, -0.1) is 24.8 Å². The van der Waals surface area contributed by atoms with Gasteiger partial charge in [-0.25, -0.2) is 4.39 Å². The zero-order valence-corrected chi connectivity index (χ0v) is 14.8. The number of ether oxygens (including phenoxy) is 2. The highest BCUT2D eigenvalue weighted by Gasteiger charge is 2.23. The number of halogens is 3. The number of piperazine rings is 1. The van der Waals surface area contributed by atoms with Gasteiger partial charge in [0, 0.05) is 33.1 Å². The first-order valence-corrected chi connectivity index (χ1v) is 7.02. The number of carbonyl (C=O) groups excluding carboxylic acids is 1. The van der Waals surface area contributed by atoms with Crippen LogP contribution in [-0.4, -0.2) is 50.8 Å². The Morgan fingerprint density at radius 3 is 2.48 bits per heavy atom. The molecule has 23 heavy (non-hydrogen) atoms. The van der Waals surface area contributed by atoms with E-state index in [1.807, 2.05) is 0 Å². The third-order valence-corrected chi connectivity index (χ3v) is 3.56. The molecule has 132 valence electrons. The summed E-state index contributed by atoms with van der Waals surface area (Å²) in [7, 11) is 1.50. The first-order valence-electron chi connectivity index (χ1n) is 7.02. The Hall–Kier alpha value is -1.08. The average Bonchev–Trinajstić information content (AvgIpc) is 2.50. The summed E-state index contributed by atoms with van der Waals surface area (Å²) in [5.74, 6) is 0.383. The summed E-state index contributed by atoms with van der Waals surface area (Å²) in [5, 5.41) is 3.25. The molecule has 8 heteroatoms. The Kier molecular flexibility index (Phi) is 10.1. The van der Waals surface area contributed by atoms with Gasteiger partial charge >= 0.3 is 5.97 Å². The van der Waals surface area contributed by atoms with Crippen LogP contribution in [0.2, 0.25) is 0 Å². The predicted molar refractivity (Wildman–Crippen MR) is 92.0 cm³/mol. The molecule has 1 aliphatic heterocycles. The fraction of sp³-hybridized carbons (Fsp3) is 0.533. The number of hydrogen-bond acceptors (Lipinski definition) is 5. The molecular formula is C15H23Cl2FN2O3. The molecule has 0 saturated carbocycles. The average molecular weight is 369 g/mol. The van der Waals surface area contributed by atoms with Crippen molar-refractivity contribution in [3.8, 4) is 11.5 Å². The molecule has 5 nitrogen and oxygen atoms in total. The van der Waals surface area contributed by atoms with Crippen LogP contribution < -0.4 is 14.8 Å². The second-order valence-corrected chi connectivity index (χ2v) is 4.96. The quantitative estimate of drug-likeness (QED) is 0.638. The smallest absolute Gasteiger partial charge is 0.308 e. The summed E-state index contributed by atoms with van der Waals surface area (Å²) in [6.45, 7) is 4.21. The van der Waals surface area contributed by atoms with Gasteiger partial charge in [0.1, 0.15) is 6.67 Å². The molecule has 0 radical (unpaired) electrons. The van der Waals surface area contributed by atoms with E-state index in [0.29, 0.717) is 11.5 Å². The Balaban J connectivity index is 0.00000242. The van der Waals surface area contributed by atoms with Crippen LogP contribution in [0.3, 0.4) is 0 Å². The van der Waals surface area contributed by atoms with Crippen molar-refractivity contribution in [3.05, 3.63) is 23.8 Å². The van der Waals surface area contributed by atoms with Crippen molar-refractivity contribution in [2.24, 2.45) is 0 Å². The minimum atomic E-state index is -0.462. The molecular weight excluding hydrogens is 346 g/mol. The van der Waals surface area contributed by atoms with Gasteiger partial charge < -0.3 is 14.8 Å². The van der Waals surface area contributed by atoms with E-state index < -0.39 is 12.6 Å². The molecule has 0 aromatic heterocycles. The predicted octanol–water partition coefficient (Wildman–Crippen LogP) is 2.38. The largest absolute Gasteiger partial charge is 0.493 e. The van der Waals surface area contributed by atoms with E-state index in [-0.39, 0.29) is 30.9 Å². The number of carbonyl (C=O) groups is 1. The molecule has 0 bridgehead atoms. The Labute approximate surface area is 148 Å². The van der Waals surface area contributed by atoms with E-state index in [9.17, 15) is 9.18 Å². The lowest BCUT2D eigenvalue weighted by Crippen LogP contribution is -2.45. The molecule has 0 unspecified atom stereocenters. The normalized spacial score (nSPS) is 15.8. The molecule has 1 fully saturated rings. The number of esters is 1. The number of benzene rings is 1. The maximum atomic E-state index is 13.5. The molecule has 1 atom stereocenters. The van der Waals surface area contributed by atoms with E-state index in [1.165, 1.54) is 14.0 Å². The van der Waals surface area contributed by atoms with Gasteiger partial charge in [0.2, 0.25) is 0 Å². The lowest BCUT2D eigenvalue weighted by atomic mass is 10.0. The summed E-state index contributed by atoms with van der Waals surface area (Å²) in [5.41, 5.74) is 0.826. The van der Waals surface area contributed by atoms with Crippen LogP contribution in [0, 0.1) is 0 Å². The zero-order chi connectivity index (χ0) is 15.2. The van der Waals surface area contributed by atoms with Gasteiger partial charge in [0.05, 0.1) is 13.2 Å².